The standard InChI is InChI=1S/C14H22F6O3/c1-4-11(2,3)10(22)23-6-5-12(15,16)7-13(17,18)8-14(19,20)9-21/h21H,4-9H2,1-3H3. The van der Waals surface area contributed by atoms with Crippen LogP contribution in [-0.2, 0) is 9.53 Å². The number of carbonyl (C=O) groups is 1. The summed E-state index contributed by atoms with van der Waals surface area (Å²) in [4.78, 5) is 11.6. The molecule has 3 nitrogen and oxygen atoms in total. The number of esters is 1. The van der Waals surface area contributed by atoms with E-state index in [0.717, 1.165) is 0 Å². The molecule has 1 N–H and O–H groups in total. The Hall–Kier alpha value is -0.990. The number of alkyl halides is 6. The number of hydrogen-bond donors (Lipinski definition) is 1. The number of aliphatic hydroxyl groups is 1. The Morgan fingerprint density at radius 2 is 1.43 bits per heavy atom. The second-order valence-electron chi connectivity index (χ2n) is 6.20. The molecule has 9 heteroatoms. The predicted molar refractivity (Wildman–Crippen MR) is 70.8 cm³/mol. The second-order valence-corrected chi connectivity index (χ2v) is 6.20. The number of aliphatic hydroxyl groups excluding tert-OH is 1. The fourth-order valence-electron chi connectivity index (χ4n) is 1.60. The van der Waals surface area contributed by atoms with Crippen molar-refractivity contribution < 1.29 is 41.0 Å². The summed E-state index contributed by atoms with van der Waals surface area (Å²) in [5.41, 5.74) is -0.887. The summed E-state index contributed by atoms with van der Waals surface area (Å²) in [6.45, 7) is 2.13. The van der Waals surface area contributed by atoms with E-state index in [2.05, 4.69) is 4.74 Å². The quantitative estimate of drug-likeness (QED) is 0.477. The predicted octanol–water partition coefficient (Wildman–Crippen LogP) is 4.03. The van der Waals surface area contributed by atoms with Gasteiger partial charge in [0.05, 0.1) is 24.9 Å². The summed E-state index contributed by atoms with van der Waals surface area (Å²) in [5.74, 6) is -13.2. The average molecular weight is 352 g/mol. The molecule has 0 aliphatic carbocycles. The molecule has 0 aromatic rings. The molecule has 0 rings (SSSR count). The van der Waals surface area contributed by atoms with Crippen LogP contribution in [0.4, 0.5) is 26.3 Å². The van der Waals surface area contributed by atoms with E-state index in [1.807, 2.05) is 0 Å². The SMILES string of the molecule is CCC(C)(C)C(=O)OCCC(F)(F)CC(F)(F)CC(F)(F)CO. The van der Waals surface area contributed by atoms with Crippen molar-refractivity contribution in [1.29, 1.82) is 0 Å². The smallest absolute Gasteiger partial charge is 0.311 e. The van der Waals surface area contributed by atoms with Crippen molar-refractivity contribution in [3.63, 3.8) is 0 Å². The molecule has 0 aliphatic rings. The maximum atomic E-state index is 13.4. The average Bonchev–Trinajstić information content (AvgIpc) is 2.35. The number of hydrogen-bond acceptors (Lipinski definition) is 3. The minimum atomic E-state index is -4.36. The van der Waals surface area contributed by atoms with Crippen LogP contribution >= 0.6 is 0 Å². The summed E-state index contributed by atoms with van der Waals surface area (Å²) < 4.78 is 83.4. The van der Waals surface area contributed by atoms with E-state index in [1.165, 1.54) is 0 Å². The van der Waals surface area contributed by atoms with Gasteiger partial charge in [0.25, 0.3) is 17.8 Å². The van der Waals surface area contributed by atoms with Gasteiger partial charge in [-0.25, -0.2) is 26.3 Å². The molecule has 0 aliphatic heterocycles. The zero-order valence-electron chi connectivity index (χ0n) is 13.3. The summed E-state index contributed by atoms with van der Waals surface area (Å²) in [6, 6.07) is 0. The Bertz CT molecular complexity index is 396. The normalized spacial score (nSPS) is 14.0. The fraction of sp³-hybridized carbons (Fsp3) is 0.929. The Morgan fingerprint density at radius 3 is 1.87 bits per heavy atom. The van der Waals surface area contributed by atoms with E-state index in [-0.39, 0.29) is 0 Å². The lowest BCUT2D eigenvalue weighted by Gasteiger charge is -2.26. The summed E-state index contributed by atoms with van der Waals surface area (Å²) in [7, 11) is 0. The molecule has 0 amide bonds. The van der Waals surface area contributed by atoms with Crippen molar-refractivity contribution in [1.82, 2.24) is 0 Å². The third kappa shape index (κ3) is 8.43. The molecule has 0 spiro atoms. The van der Waals surface area contributed by atoms with Crippen LogP contribution < -0.4 is 0 Å². The third-order valence-corrected chi connectivity index (χ3v) is 3.40. The molecular weight excluding hydrogens is 330 g/mol. The lowest BCUT2D eigenvalue weighted by atomic mass is 9.91. The van der Waals surface area contributed by atoms with Crippen LogP contribution in [0.3, 0.4) is 0 Å². The van der Waals surface area contributed by atoms with Gasteiger partial charge in [-0.1, -0.05) is 6.92 Å². The largest absolute Gasteiger partial charge is 0.465 e. The maximum absolute atomic E-state index is 13.4. The molecule has 0 bridgehead atoms. The van der Waals surface area contributed by atoms with Gasteiger partial charge in [0.2, 0.25) is 0 Å². The maximum Gasteiger partial charge on any atom is 0.311 e. The summed E-state index contributed by atoms with van der Waals surface area (Å²) in [6.07, 6.45) is -5.07. The van der Waals surface area contributed by atoms with Gasteiger partial charge in [-0.2, -0.15) is 0 Å². The Kier molecular flexibility index (Phi) is 7.39. The summed E-state index contributed by atoms with van der Waals surface area (Å²) >= 11 is 0. The van der Waals surface area contributed by atoms with Crippen molar-refractivity contribution in [3.05, 3.63) is 0 Å². The molecule has 0 unspecified atom stereocenters. The number of ether oxygens (including phenoxy) is 1. The molecule has 0 radical (unpaired) electrons. The Labute approximate surface area is 131 Å². The first-order valence-electron chi connectivity index (χ1n) is 7.08. The highest BCUT2D eigenvalue weighted by atomic mass is 19.3. The zero-order chi connectivity index (χ0) is 18.5. The highest BCUT2D eigenvalue weighted by Crippen LogP contribution is 2.39. The van der Waals surface area contributed by atoms with Gasteiger partial charge in [-0.15, -0.1) is 0 Å². The van der Waals surface area contributed by atoms with Crippen LogP contribution in [0.2, 0.25) is 0 Å². The van der Waals surface area contributed by atoms with E-state index in [4.69, 9.17) is 5.11 Å². The van der Waals surface area contributed by atoms with Crippen LogP contribution in [0.1, 0.15) is 46.5 Å². The fourth-order valence-corrected chi connectivity index (χ4v) is 1.60. The van der Waals surface area contributed by atoms with Crippen molar-refractivity contribution >= 4 is 5.97 Å². The minimum absolute atomic E-state index is 0.399. The van der Waals surface area contributed by atoms with Crippen LogP contribution in [0.25, 0.3) is 0 Å². The van der Waals surface area contributed by atoms with Gasteiger partial charge in [0, 0.05) is 6.42 Å². The van der Waals surface area contributed by atoms with Gasteiger partial charge in [-0.3, -0.25) is 4.79 Å². The lowest BCUT2D eigenvalue weighted by Crippen LogP contribution is -2.37. The van der Waals surface area contributed by atoms with E-state index in [1.54, 1.807) is 20.8 Å². The van der Waals surface area contributed by atoms with Crippen LogP contribution in [0.15, 0.2) is 0 Å². The monoisotopic (exact) mass is 352 g/mol. The number of rotatable bonds is 10. The number of carbonyl (C=O) groups excluding carboxylic acids is 1. The lowest BCUT2D eigenvalue weighted by molar-refractivity contribution is -0.173. The van der Waals surface area contributed by atoms with E-state index >= 15 is 0 Å². The first kappa shape index (κ1) is 22.0. The van der Waals surface area contributed by atoms with Crippen molar-refractivity contribution in [2.45, 2.75) is 64.2 Å². The van der Waals surface area contributed by atoms with E-state index < -0.39 is 61.6 Å². The van der Waals surface area contributed by atoms with E-state index in [9.17, 15) is 31.1 Å². The van der Waals surface area contributed by atoms with Crippen LogP contribution in [0, 0.1) is 5.41 Å². The van der Waals surface area contributed by atoms with Gasteiger partial charge in [0.1, 0.15) is 6.61 Å². The van der Waals surface area contributed by atoms with Crippen molar-refractivity contribution in [3.8, 4) is 0 Å². The highest BCUT2D eigenvalue weighted by Gasteiger charge is 2.49. The van der Waals surface area contributed by atoms with Crippen molar-refractivity contribution in [2.75, 3.05) is 13.2 Å². The Balaban J connectivity index is 4.51. The highest BCUT2D eigenvalue weighted by molar-refractivity contribution is 5.75. The zero-order valence-corrected chi connectivity index (χ0v) is 13.3. The number of halogens is 6. The molecule has 0 saturated heterocycles. The molecule has 23 heavy (non-hydrogen) atoms. The molecule has 0 heterocycles. The van der Waals surface area contributed by atoms with E-state index in [0.29, 0.717) is 6.42 Å². The van der Waals surface area contributed by atoms with Gasteiger partial charge < -0.3 is 9.84 Å². The van der Waals surface area contributed by atoms with Crippen LogP contribution in [-0.4, -0.2) is 42.1 Å². The second kappa shape index (κ2) is 7.72. The van der Waals surface area contributed by atoms with Gasteiger partial charge in [0.15, 0.2) is 0 Å². The molecule has 0 aromatic carbocycles. The first-order chi connectivity index (χ1) is 10.2. The molecular formula is C14H22F6O3. The third-order valence-electron chi connectivity index (χ3n) is 3.40. The summed E-state index contributed by atoms with van der Waals surface area (Å²) in [5, 5.41) is 8.23. The van der Waals surface area contributed by atoms with Crippen molar-refractivity contribution in [2.24, 2.45) is 5.41 Å². The molecule has 138 valence electrons. The minimum Gasteiger partial charge on any atom is -0.465 e. The van der Waals surface area contributed by atoms with Crippen LogP contribution in [0.5, 0.6) is 0 Å². The van der Waals surface area contributed by atoms with Gasteiger partial charge >= 0.3 is 5.97 Å². The first-order valence-corrected chi connectivity index (χ1v) is 7.08. The molecule has 0 aromatic heterocycles. The Morgan fingerprint density at radius 1 is 0.957 bits per heavy atom. The molecule has 0 atom stereocenters. The van der Waals surface area contributed by atoms with Gasteiger partial charge in [-0.05, 0) is 20.3 Å². The molecule has 0 saturated carbocycles. The molecule has 0 fully saturated rings. The topological polar surface area (TPSA) is 46.5 Å².